The van der Waals surface area contributed by atoms with Gasteiger partial charge in [0.1, 0.15) is 5.76 Å². The number of aliphatic hydroxyl groups is 1. The third-order valence-electron chi connectivity index (χ3n) is 2.96. The van der Waals surface area contributed by atoms with Gasteiger partial charge in [-0.25, -0.2) is 0 Å². The zero-order valence-corrected chi connectivity index (χ0v) is 12.8. The van der Waals surface area contributed by atoms with E-state index in [4.69, 9.17) is 0 Å². The fourth-order valence-electron chi connectivity index (χ4n) is 1.77. The number of ketones is 1. The molecule has 0 unspecified atom stereocenters. The van der Waals surface area contributed by atoms with Crippen LogP contribution in [0.3, 0.4) is 0 Å². The second-order valence-corrected chi connectivity index (χ2v) is 5.56. The lowest BCUT2D eigenvalue weighted by Gasteiger charge is -2.08. The normalized spacial score (nSPS) is 13.2. The van der Waals surface area contributed by atoms with E-state index in [1.807, 2.05) is 0 Å². The SMILES string of the molecule is Cc1ccccc1N=CC(C(=O)C(F)(F)F)=C(O)c1cccs1. The first-order valence-electron chi connectivity index (χ1n) is 6.49. The summed E-state index contributed by atoms with van der Waals surface area (Å²) in [5.41, 5.74) is 0.264. The number of para-hydroxylation sites is 1. The number of carbonyl (C=O) groups is 1. The van der Waals surface area contributed by atoms with Gasteiger partial charge in [-0.1, -0.05) is 24.3 Å². The Morgan fingerprint density at radius 3 is 2.48 bits per heavy atom. The molecule has 2 aromatic rings. The Hall–Kier alpha value is -2.41. The van der Waals surface area contributed by atoms with Crippen molar-refractivity contribution in [2.75, 3.05) is 0 Å². The van der Waals surface area contributed by atoms with E-state index in [9.17, 15) is 23.1 Å². The largest absolute Gasteiger partial charge is 0.506 e. The molecule has 0 aliphatic carbocycles. The highest BCUT2D eigenvalue weighted by Crippen LogP contribution is 2.27. The fourth-order valence-corrected chi connectivity index (χ4v) is 2.45. The molecule has 23 heavy (non-hydrogen) atoms. The summed E-state index contributed by atoms with van der Waals surface area (Å²) in [4.78, 5) is 15.7. The Balaban J connectivity index is 2.49. The van der Waals surface area contributed by atoms with E-state index in [2.05, 4.69) is 4.99 Å². The number of alkyl halides is 3. The van der Waals surface area contributed by atoms with Gasteiger partial charge in [0.15, 0.2) is 0 Å². The molecular weight excluding hydrogens is 327 g/mol. The minimum Gasteiger partial charge on any atom is -0.506 e. The molecule has 0 fully saturated rings. The van der Waals surface area contributed by atoms with Gasteiger partial charge in [0.05, 0.1) is 16.1 Å². The highest BCUT2D eigenvalue weighted by atomic mass is 32.1. The highest BCUT2D eigenvalue weighted by molar-refractivity contribution is 7.11. The molecule has 0 spiro atoms. The maximum Gasteiger partial charge on any atom is 0.455 e. The first-order valence-corrected chi connectivity index (χ1v) is 7.37. The second kappa shape index (κ2) is 6.78. The molecule has 1 aromatic carbocycles. The molecule has 120 valence electrons. The van der Waals surface area contributed by atoms with Crippen LogP contribution in [0.4, 0.5) is 18.9 Å². The van der Waals surface area contributed by atoms with Crippen molar-refractivity contribution >= 4 is 34.8 Å². The summed E-state index contributed by atoms with van der Waals surface area (Å²) in [7, 11) is 0. The van der Waals surface area contributed by atoms with Gasteiger partial charge < -0.3 is 5.11 Å². The van der Waals surface area contributed by atoms with Crippen LogP contribution < -0.4 is 0 Å². The van der Waals surface area contributed by atoms with Crippen molar-refractivity contribution in [2.45, 2.75) is 13.1 Å². The van der Waals surface area contributed by atoms with Gasteiger partial charge in [-0.05, 0) is 30.0 Å². The van der Waals surface area contributed by atoms with Crippen LogP contribution in [0.1, 0.15) is 10.4 Å². The second-order valence-electron chi connectivity index (χ2n) is 4.61. The molecule has 0 saturated heterocycles. The van der Waals surface area contributed by atoms with Crippen molar-refractivity contribution in [3.8, 4) is 0 Å². The van der Waals surface area contributed by atoms with E-state index in [0.717, 1.165) is 23.1 Å². The third-order valence-corrected chi connectivity index (χ3v) is 3.84. The fraction of sp³-hybridized carbons (Fsp3) is 0.125. The van der Waals surface area contributed by atoms with Gasteiger partial charge in [-0.2, -0.15) is 13.2 Å². The van der Waals surface area contributed by atoms with Crippen LogP contribution >= 0.6 is 11.3 Å². The number of nitrogens with zero attached hydrogens (tertiary/aromatic N) is 1. The lowest BCUT2D eigenvalue weighted by molar-refractivity contribution is -0.165. The Bertz CT molecular complexity index is 762. The van der Waals surface area contributed by atoms with Gasteiger partial charge in [-0.15, -0.1) is 11.3 Å². The third kappa shape index (κ3) is 4.07. The Labute approximate surface area is 134 Å². The number of allylic oxidation sites excluding steroid dienone is 1. The van der Waals surface area contributed by atoms with Crippen LogP contribution in [0.2, 0.25) is 0 Å². The number of halogens is 3. The van der Waals surface area contributed by atoms with E-state index in [0.29, 0.717) is 5.69 Å². The molecule has 3 nitrogen and oxygen atoms in total. The molecule has 0 atom stereocenters. The summed E-state index contributed by atoms with van der Waals surface area (Å²) in [5, 5.41) is 11.6. The molecule has 7 heteroatoms. The van der Waals surface area contributed by atoms with Crippen LogP contribution in [-0.2, 0) is 4.79 Å². The Kier molecular flexibility index (Phi) is 5.00. The van der Waals surface area contributed by atoms with Gasteiger partial charge in [0.2, 0.25) is 0 Å². The molecule has 2 rings (SSSR count). The molecular formula is C16H12F3NO2S. The Morgan fingerprint density at radius 1 is 1.22 bits per heavy atom. The van der Waals surface area contributed by atoms with Gasteiger partial charge >= 0.3 is 6.18 Å². The average Bonchev–Trinajstić information content (AvgIpc) is 3.02. The molecule has 0 amide bonds. The number of benzene rings is 1. The van der Waals surface area contributed by atoms with Crippen molar-refractivity contribution < 1.29 is 23.1 Å². The number of aliphatic imine (C=N–C) groups is 1. The number of thiophene rings is 1. The van der Waals surface area contributed by atoms with Crippen LogP contribution in [0.15, 0.2) is 52.3 Å². The molecule has 0 aliphatic heterocycles. The van der Waals surface area contributed by atoms with Crippen LogP contribution in [0, 0.1) is 6.92 Å². The zero-order chi connectivity index (χ0) is 17.0. The van der Waals surface area contributed by atoms with Crippen molar-refractivity contribution in [1.82, 2.24) is 0 Å². The number of hydrogen-bond donors (Lipinski definition) is 1. The van der Waals surface area contributed by atoms with Gasteiger partial charge in [0, 0.05) is 6.21 Å². The van der Waals surface area contributed by atoms with Gasteiger partial charge in [-0.3, -0.25) is 9.79 Å². The number of Topliss-reactive ketones (excluding diaryl/α,β-unsaturated/α-hetero) is 1. The molecule has 1 heterocycles. The van der Waals surface area contributed by atoms with E-state index >= 15 is 0 Å². The summed E-state index contributed by atoms with van der Waals surface area (Å²) >= 11 is 1.02. The molecule has 1 aromatic heterocycles. The van der Waals surface area contributed by atoms with E-state index < -0.39 is 23.3 Å². The highest BCUT2D eigenvalue weighted by Gasteiger charge is 2.41. The van der Waals surface area contributed by atoms with Crippen LogP contribution in [0.5, 0.6) is 0 Å². The average molecular weight is 339 g/mol. The summed E-state index contributed by atoms with van der Waals surface area (Å²) < 4.78 is 38.3. The lowest BCUT2D eigenvalue weighted by atomic mass is 10.1. The van der Waals surface area contributed by atoms with E-state index in [1.54, 1.807) is 42.6 Å². The lowest BCUT2D eigenvalue weighted by Crippen LogP contribution is -2.26. The number of aliphatic hydroxyl groups excluding tert-OH is 1. The smallest absolute Gasteiger partial charge is 0.455 e. The summed E-state index contributed by atoms with van der Waals surface area (Å²) in [6, 6.07) is 9.75. The summed E-state index contributed by atoms with van der Waals surface area (Å²) in [6.45, 7) is 1.74. The minimum absolute atomic E-state index is 0.161. The first kappa shape index (κ1) is 17.0. The summed E-state index contributed by atoms with van der Waals surface area (Å²) in [5.74, 6) is -2.87. The monoisotopic (exact) mass is 339 g/mol. The van der Waals surface area contributed by atoms with Crippen molar-refractivity contribution in [2.24, 2.45) is 4.99 Å². The molecule has 1 N–H and O–H groups in total. The van der Waals surface area contributed by atoms with Gasteiger partial charge in [0.25, 0.3) is 5.78 Å². The topological polar surface area (TPSA) is 49.7 Å². The molecule has 0 radical (unpaired) electrons. The van der Waals surface area contributed by atoms with Crippen LogP contribution in [-0.4, -0.2) is 23.3 Å². The predicted octanol–water partition coefficient (Wildman–Crippen LogP) is 4.86. The molecule has 0 aliphatic rings. The maximum absolute atomic E-state index is 12.8. The first-order chi connectivity index (χ1) is 10.8. The van der Waals surface area contributed by atoms with Crippen molar-refractivity contribution in [3.63, 3.8) is 0 Å². The predicted molar refractivity (Wildman–Crippen MR) is 84.3 cm³/mol. The number of rotatable bonds is 4. The summed E-state index contributed by atoms with van der Waals surface area (Å²) in [6.07, 6.45) is -4.34. The Morgan fingerprint density at radius 2 is 1.91 bits per heavy atom. The molecule has 0 bridgehead atoms. The standard InChI is InChI=1S/C16H12F3NO2S/c1-10-5-2-3-6-12(10)20-9-11(15(22)16(17,18)19)14(21)13-7-4-8-23-13/h2-9,21H,1H3. The van der Waals surface area contributed by atoms with E-state index in [1.165, 1.54) is 6.07 Å². The number of aryl methyl sites for hydroxylation is 1. The minimum atomic E-state index is -5.10. The number of carbonyl (C=O) groups excluding carboxylic acids is 1. The van der Waals surface area contributed by atoms with Crippen LogP contribution in [0.25, 0.3) is 5.76 Å². The van der Waals surface area contributed by atoms with Crippen molar-refractivity contribution in [1.29, 1.82) is 0 Å². The maximum atomic E-state index is 12.8. The molecule has 0 saturated carbocycles. The van der Waals surface area contributed by atoms with Crippen molar-refractivity contribution in [3.05, 3.63) is 57.8 Å². The quantitative estimate of drug-likeness (QED) is 0.491. The van der Waals surface area contributed by atoms with E-state index in [-0.39, 0.29) is 4.88 Å². The zero-order valence-electron chi connectivity index (χ0n) is 12.0. The number of hydrogen-bond acceptors (Lipinski definition) is 4.